The fourth-order valence-electron chi connectivity index (χ4n) is 8.07. The Kier molecular flexibility index (Phi) is 5.45. The Morgan fingerprint density at radius 3 is 1.76 bits per heavy atom. The molecule has 0 aromatic heterocycles. The first-order valence-corrected chi connectivity index (χ1v) is 17.1. The molecule has 0 N–H and O–H groups in total. The van der Waals surface area contributed by atoms with Gasteiger partial charge in [0, 0.05) is 26.9 Å². The van der Waals surface area contributed by atoms with Crippen molar-refractivity contribution < 1.29 is 4.74 Å². The molecule has 0 fully saturated rings. The van der Waals surface area contributed by atoms with E-state index < -0.39 is 0 Å². The average molecular weight is 601 g/mol. The molecule has 0 bridgehead atoms. The molecule has 9 rings (SSSR count). The summed E-state index contributed by atoms with van der Waals surface area (Å²) in [5.74, 6) is 1.98. The van der Waals surface area contributed by atoms with Crippen LogP contribution in [0.3, 0.4) is 0 Å². The standard InChI is InChI=1S/C40H37B2NOS/c1-22-9-13-30-26(17-22)41-28-19-24(39(3,4)5)11-15-32(28)44-33-21-35-37-38(36(33)41)43(30)31-14-10-23(2)18-27(31)42(37)29-20-25(40(6,7)8)12-16-34(29)45-35/h9-21H,1-8H3. The Balaban J connectivity index is 1.40. The van der Waals surface area contributed by atoms with Gasteiger partial charge in [0.25, 0.3) is 6.71 Å². The molecule has 2 nitrogen and oxygen atoms in total. The van der Waals surface area contributed by atoms with Crippen molar-refractivity contribution in [2.45, 2.75) is 76.0 Å². The van der Waals surface area contributed by atoms with Crippen LogP contribution >= 0.6 is 11.8 Å². The first-order chi connectivity index (χ1) is 21.4. The van der Waals surface area contributed by atoms with Crippen LogP contribution < -0.4 is 42.4 Å². The molecule has 0 atom stereocenters. The van der Waals surface area contributed by atoms with Crippen molar-refractivity contribution in [1.82, 2.24) is 0 Å². The summed E-state index contributed by atoms with van der Waals surface area (Å²) >= 11 is 1.91. The maximum Gasteiger partial charge on any atom is 0.256 e. The summed E-state index contributed by atoms with van der Waals surface area (Å²) in [6, 6.07) is 30.6. The maximum atomic E-state index is 6.93. The Labute approximate surface area is 272 Å². The predicted octanol–water partition coefficient (Wildman–Crippen LogP) is 6.60. The molecule has 0 saturated heterocycles. The zero-order valence-corrected chi connectivity index (χ0v) is 28.2. The van der Waals surface area contributed by atoms with Crippen molar-refractivity contribution in [1.29, 1.82) is 0 Å². The lowest BCUT2D eigenvalue weighted by Gasteiger charge is -2.47. The van der Waals surface area contributed by atoms with E-state index in [0.717, 1.165) is 11.5 Å². The quantitative estimate of drug-likeness (QED) is 0.182. The van der Waals surface area contributed by atoms with Crippen LogP contribution in [0, 0.1) is 13.8 Å². The second-order valence-corrected chi connectivity index (χ2v) is 16.7. The van der Waals surface area contributed by atoms with Crippen LogP contribution in [0.1, 0.15) is 63.8 Å². The zero-order chi connectivity index (χ0) is 31.2. The van der Waals surface area contributed by atoms with Crippen LogP contribution in [-0.2, 0) is 10.8 Å². The highest BCUT2D eigenvalue weighted by Gasteiger charge is 2.50. The molecule has 5 aromatic carbocycles. The molecule has 220 valence electrons. The number of hydrogen-bond donors (Lipinski definition) is 0. The molecule has 45 heavy (non-hydrogen) atoms. The van der Waals surface area contributed by atoms with Crippen molar-refractivity contribution in [3.05, 3.63) is 101 Å². The van der Waals surface area contributed by atoms with Gasteiger partial charge in [0.2, 0.25) is 6.71 Å². The predicted molar refractivity (Wildman–Crippen MR) is 194 cm³/mol. The monoisotopic (exact) mass is 601 g/mol. The largest absolute Gasteiger partial charge is 0.458 e. The summed E-state index contributed by atoms with van der Waals surface area (Å²) in [6.45, 7) is 18.6. The number of nitrogens with zero attached hydrogens (tertiary/aromatic N) is 1. The SMILES string of the molecule is Cc1ccc2c(c1)B1c3cc(C(C)(C)C)ccc3Oc3cc4c5c(c31)N2c1ccc(C)cc1B5c1cc(C(C)(C)C)ccc1S4. The van der Waals surface area contributed by atoms with E-state index in [2.05, 4.69) is 139 Å². The first-order valence-electron chi connectivity index (χ1n) is 16.2. The highest BCUT2D eigenvalue weighted by atomic mass is 32.2. The molecular weight excluding hydrogens is 564 g/mol. The Bertz CT molecular complexity index is 1990. The average Bonchev–Trinajstić information content (AvgIpc) is 2.98. The second kappa shape index (κ2) is 8.91. The lowest BCUT2D eigenvalue weighted by Crippen LogP contribution is -2.67. The van der Waals surface area contributed by atoms with Crippen molar-refractivity contribution in [3.63, 3.8) is 0 Å². The van der Waals surface area contributed by atoms with Crippen LogP contribution in [0.25, 0.3) is 0 Å². The van der Waals surface area contributed by atoms with Crippen LogP contribution in [0.4, 0.5) is 17.1 Å². The Hall–Kier alpha value is -3.82. The smallest absolute Gasteiger partial charge is 0.256 e. The molecule has 5 aromatic rings. The molecule has 0 aliphatic carbocycles. The third-order valence-electron chi connectivity index (χ3n) is 10.4. The van der Waals surface area contributed by atoms with Gasteiger partial charge < -0.3 is 9.64 Å². The van der Waals surface area contributed by atoms with Crippen molar-refractivity contribution in [2.24, 2.45) is 0 Å². The zero-order valence-electron chi connectivity index (χ0n) is 27.4. The number of fused-ring (bicyclic) bond motifs is 10. The molecule has 4 aliphatic rings. The highest BCUT2D eigenvalue weighted by molar-refractivity contribution is 8.00. The third-order valence-corrected chi connectivity index (χ3v) is 11.5. The molecule has 0 amide bonds. The molecule has 0 unspecified atom stereocenters. The summed E-state index contributed by atoms with van der Waals surface area (Å²) < 4.78 is 6.93. The topological polar surface area (TPSA) is 12.5 Å². The normalized spacial score (nSPS) is 15.1. The summed E-state index contributed by atoms with van der Waals surface area (Å²) in [5, 5.41) is 0. The fraction of sp³-hybridized carbons (Fsp3) is 0.250. The van der Waals surface area contributed by atoms with Gasteiger partial charge in [0.05, 0.1) is 0 Å². The van der Waals surface area contributed by atoms with Crippen molar-refractivity contribution in [2.75, 3.05) is 4.90 Å². The van der Waals surface area contributed by atoms with E-state index in [9.17, 15) is 0 Å². The van der Waals surface area contributed by atoms with Gasteiger partial charge in [-0.3, -0.25) is 0 Å². The number of aryl methyl sites for hydroxylation is 2. The lowest BCUT2D eigenvalue weighted by molar-refractivity contribution is 0.485. The summed E-state index contributed by atoms with van der Waals surface area (Å²) in [4.78, 5) is 5.24. The van der Waals surface area contributed by atoms with Gasteiger partial charge in [-0.05, 0) is 93.5 Å². The lowest BCUT2D eigenvalue weighted by atomic mass is 9.29. The molecule has 0 spiro atoms. The molecule has 4 heterocycles. The van der Waals surface area contributed by atoms with E-state index in [1.54, 1.807) is 0 Å². The number of hydrogen-bond acceptors (Lipinski definition) is 3. The molecule has 0 saturated carbocycles. The summed E-state index contributed by atoms with van der Waals surface area (Å²) in [6.07, 6.45) is 0. The van der Waals surface area contributed by atoms with E-state index in [-0.39, 0.29) is 24.3 Å². The van der Waals surface area contributed by atoms with E-state index in [1.807, 2.05) is 11.8 Å². The van der Waals surface area contributed by atoms with Crippen LogP contribution in [0.2, 0.25) is 0 Å². The highest BCUT2D eigenvalue weighted by Crippen LogP contribution is 2.46. The fourth-order valence-corrected chi connectivity index (χ4v) is 9.23. The Morgan fingerprint density at radius 1 is 0.556 bits per heavy atom. The van der Waals surface area contributed by atoms with Gasteiger partial charge in [-0.25, -0.2) is 0 Å². The maximum absolute atomic E-state index is 6.93. The van der Waals surface area contributed by atoms with Crippen molar-refractivity contribution >= 4 is 75.0 Å². The minimum atomic E-state index is 0.0442. The van der Waals surface area contributed by atoms with Gasteiger partial charge >= 0.3 is 0 Å². The first kappa shape index (κ1) is 27.5. The van der Waals surface area contributed by atoms with Gasteiger partial charge in [0.15, 0.2) is 0 Å². The number of rotatable bonds is 0. The van der Waals surface area contributed by atoms with Crippen LogP contribution in [-0.4, -0.2) is 13.4 Å². The number of ether oxygens (including phenoxy) is 1. The third kappa shape index (κ3) is 3.80. The van der Waals surface area contributed by atoms with E-state index >= 15 is 0 Å². The number of anilines is 3. The van der Waals surface area contributed by atoms with Gasteiger partial charge in [-0.2, -0.15) is 0 Å². The minimum Gasteiger partial charge on any atom is -0.458 e. The number of benzene rings is 5. The van der Waals surface area contributed by atoms with E-state index in [0.29, 0.717) is 0 Å². The van der Waals surface area contributed by atoms with Gasteiger partial charge in [-0.15, -0.1) is 0 Å². The van der Waals surface area contributed by atoms with Crippen molar-refractivity contribution in [3.8, 4) is 11.5 Å². The molecule has 4 aliphatic heterocycles. The second-order valence-electron chi connectivity index (χ2n) is 15.6. The van der Waals surface area contributed by atoms with Gasteiger partial charge in [0.1, 0.15) is 11.5 Å². The van der Waals surface area contributed by atoms with Crippen LogP contribution in [0.15, 0.2) is 88.7 Å². The summed E-state index contributed by atoms with van der Waals surface area (Å²) in [5.41, 5.74) is 17.6. The molecular formula is C40H37B2NOS. The van der Waals surface area contributed by atoms with Gasteiger partial charge in [-0.1, -0.05) is 118 Å². The van der Waals surface area contributed by atoms with Crippen LogP contribution in [0.5, 0.6) is 11.5 Å². The van der Waals surface area contributed by atoms with E-state index in [1.165, 1.54) is 81.9 Å². The Morgan fingerprint density at radius 2 is 1.13 bits per heavy atom. The molecule has 0 radical (unpaired) electrons. The summed E-state index contributed by atoms with van der Waals surface area (Å²) in [7, 11) is 0. The van der Waals surface area contributed by atoms with E-state index in [4.69, 9.17) is 4.74 Å². The molecule has 5 heteroatoms. The minimum absolute atomic E-state index is 0.0442.